The zero-order valence-electron chi connectivity index (χ0n) is 12.5. The third kappa shape index (κ3) is 1.90. The first-order valence-corrected chi connectivity index (χ1v) is 7.41. The molecule has 0 aliphatic heterocycles. The lowest BCUT2D eigenvalue weighted by Crippen LogP contribution is -2.33. The van der Waals surface area contributed by atoms with E-state index >= 15 is 0 Å². The summed E-state index contributed by atoms with van der Waals surface area (Å²) < 4.78 is 2.41. The highest BCUT2D eigenvalue weighted by Crippen LogP contribution is 2.39. The number of aryl methyl sites for hydroxylation is 2. The van der Waals surface area contributed by atoms with Gasteiger partial charge in [0.1, 0.15) is 0 Å². The maximum atomic E-state index is 2.53. The topological polar surface area (TPSA) is 7.65 Å². The van der Waals surface area contributed by atoms with Crippen LogP contribution in [0.4, 0.5) is 0 Å². The summed E-state index contributed by atoms with van der Waals surface area (Å²) in [4.78, 5) is 2.53. The fraction of sp³-hybridized carbons (Fsp3) is 0.529. The van der Waals surface area contributed by atoms with Crippen LogP contribution in [0.15, 0.2) is 24.4 Å². The third-order valence-electron chi connectivity index (χ3n) is 4.78. The molecule has 0 N–H and O–H groups in total. The highest BCUT2D eigenvalue weighted by molar-refractivity contribution is 5.62. The van der Waals surface area contributed by atoms with E-state index in [2.05, 4.69) is 61.5 Å². The van der Waals surface area contributed by atoms with Crippen molar-refractivity contribution in [2.24, 2.45) is 0 Å². The summed E-state index contributed by atoms with van der Waals surface area (Å²) in [5, 5.41) is 0. The maximum Gasteiger partial charge on any atom is 0.0485 e. The quantitative estimate of drug-likeness (QED) is 0.789. The van der Waals surface area contributed by atoms with Crippen LogP contribution in [0.2, 0.25) is 0 Å². The van der Waals surface area contributed by atoms with E-state index < -0.39 is 0 Å². The van der Waals surface area contributed by atoms with Crippen molar-refractivity contribution in [3.63, 3.8) is 0 Å². The second-order valence-electron chi connectivity index (χ2n) is 6.11. The van der Waals surface area contributed by atoms with E-state index in [9.17, 15) is 0 Å². The van der Waals surface area contributed by atoms with Gasteiger partial charge < -0.3 is 4.40 Å². The van der Waals surface area contributed by atoms with Crippen LogP contribution < -0.4 is 0 Å². The number of pyridine rings is 1. The van der Waals surface area contributed by atoms with Crippen molar-refractivity contribution in [2.75, 3.05) is 7.05 Å². The summed E-state index contributed by atoms with van der Waals surface area (Å²) in [5.74, 6) is 0. The molecule has 2 nitrogen and oxygen atoms in total. The molecule has 0 saturated heterocycles. The number of hydrogen-bond donors (Lipinski definition) is 0. The molecule has 0 bridgehead atoms. The lowest BCUT2D eigenvalue weighted by Gasteiger charge is -2.35. The smallest absolute Gasteiger partial charge is 0.0485 e. The van der Waals surface area contributed by atoms with E-state index in [1.54, 1.807) is 5.56 Å². The molecule has 1 unspecified atom stereocenters. The molecule has 1 aliphatic carbocycles. The number of fused-ring (bicyclic) bond motifs is 3. The minimum atomic E-state index is 0.587. The van der Waals surface area contributed by atoms with E-state index in [0.717, 1.165) is 0 Å². The van der Waals surface area contributed by atoms with Crippen molar-refractivity contribution < 1.29 is 0 Å². The Kier molecular flexibility index (Phi) is 3.14. The Morgan fingerprint density at radius 1 is 1.32 bits per heavy atom. The SMILES string of the molecule is Cc1c2c(n3ccccc13)CCCC2N(C)C(C)C. The van der Waals surface area contributed by atoms with Crippen molar-refractivity contribution in [3.05, 3.63) is 41.2 Å². The number of hydrogen-bond acceptors (Lipinski definition) is 1. The summed E-state index contributed by atoms with van der Waals surface area (Å²) >= 11 is 0. The molecule has 0 amide bonds. The maximum absolute atomic E-state index is 2.53. The van der Waals surface area contributed by atoms with Crippen LogP contribution in [0, 0.1) is 6.92 Å². The minimum Gasteiger partial charge on any atom is -0.320 e. The van der Waals surface area contributed by atoms with Gasteiger partial charge in [0.05, 0.1) is 0 Å². The summed E-state index contributed by atoms with van der Waals surface area (Å²) in [6.07, 6.45) is 6.03. The zero-order chi connectivity index (χ0) is 13.6. The van der Waals surface area contributed by atoms with Crippen molar-refractivity contribution in [1.82, 2.24) is 9.30 Å². The summed E-state index contributed by atoms with van der Waals surface area (Å²) in [6.45, 7) is 6.87. The largest absolute Gasteiger partial charge is 0.320 e. The van der Waals surface area contributed by atoms with E-state index in [1.807, 2.05) is 0 Å². The van der Waals surface area contributed by atoms with Gasteiger partial charge in [0.25, 0.3) is 0 Å². The normalized spacial score (nSPS) is 19.4. The molecule has 0 fully saturated rings. The van der Waals surface area contributed by atoms with Crippen molar-refractivity contribution in [1.29, 1.82) is 0 Å². The van der Waals surface area contributed by atoms with Crippen LogP contribution in [0.1, 0.15) is 49.6 Å². The number of aromatic nitrogens is 1. The first-order chi connectivity index (χ1) is 9.11. The highest BCUT2D eigenvalue weighted by atomic mass is 15.2. The predicted molar refractivity (Wildman–Crippen MR) is 80.7 cm³/mol. The van der Waals surface area contributed by atoms with E-state index in [0.29, 0.717) is 12.1 Å². The van der Waals surface area contributed by atoms with E-state index in [1.165, 1.54) is 36.0 Å². The van der Waals surface area contributed by atoms with Gasteiger partial charge in [-0.15, -0.1) is 0 Å². The number of nitrogens with zero attached hydrogens (tertiary/aromatic N) is 2. The van der Waals surface area contributed by atoms with Gasteiger partial charge in [-0.2, -0.15) is 0 Å². The Balaban J connectivity index is 2.19. The average Bonchev–Trinajstić information content (AvgIpc) is 2.72. The molecular formula is C17H24N2. The first kappa shape index (κ1) is 12.7. The van der Waals surface area contributed by atoms with Crippen LogP contribution in [0.3, 0.4) is 0 Å². The summed E-state index contributed by atoms with van der Waals surface area (Å²) in [6, 6.07) is 7.72. The Morgan fingerprint density at radius 3 is 2.84 bits per heavy atom. The molecule has 19 heavy (non-hydrogen) atoms. The molecule has 2 aromatic heterocycles. The first-order valence-electron chi connectivity index (χ1n) is 7.41. The predicted octanol–water partition coefficient (Wildman–Crippen LogP) is 3.97. The van der Waals surface area contributed by atoms with Gasteiger partial charge in [-0.05, 0) is 70.3 Å². The lowest BCUT2D eigenvalue weighted by molar-refractivity contribution is 0.177. The molecule has 2 heterocycles. The van der Waals surface area contributed by atoms with Gasteiger partial charge in [-0.3, -0.25) is 4.90 Å². The van der Waals surface area contributed by atoms with Gasteiger partial charge in [-0.25, -0.2) is 0 Å². The summed E-state index contributed by atoms with van der Waals surface area (Å²) in [5.41, 5.74) is 6.00. The summed E-state index contributed by atoms with van der Waals surface area (Å²) in [7, 11) is 2.27. The van der Waals surface area contributed by atoms with Gasteiger partial charge >= 0.3 is 0 Å². The average molecular weight is 256 g/mol. The highest BCUT2D eigenvalue weighted by Gasteiger charge is 2.29. The van der Waals surface area contributed by atoms with Crippen LogP contribution in [-0.2, 0) is 6.42 Å². The Labute approximate surface area is 116 Å². The fourth-order valence-electron chi connectivity index (χ4n) is 3.54. The molecule has 2 heteroatoms. The molecule has 0 saturated carbocycles. The zero-order valence-corrected chi connectivity index (χ0v) is 12.5. The molecule has 3 rings (SSSR count). The van der Waals surface area contributed by atoms with Gasteiger partial charge in [-0.1, -0.05) is 6.07 Å². The molecule has 2 aromatic rings. The van der Waals surface area contributed by atoms with Gasteiger partial charge in [0.15, 0.2) is 0 Å². The third-order valence-corrected chi connectivity index (χ3v) is 4.78. The molecule has 0 spiro atoms. The Bertz CT molecular complexity index is 595. The van der Waals surface area contributed by atoms with Crippen LogP contribution in [0.5, 0.6) is 0 Å². The lowest BCUT2D eigenvalue weighted by atomic mass is 9.89. The second kappa shape index (κ2) is 4.68. The van der Waals surface area contributed by atoms with Crippen LogP contribution in [-0.4, -0.2) is 22.4 Å². The van der Waals surface area contributed by atoms with Crippen LogP contribution >= 0.6 is 0 Å². The second-order valence-corrected chi connectivity index (χ2v) is 6.11. The Hall–Kier alpha value is -1.28. The van der Waals surface area contributed by atoms with E-state index in [-0.39, 0.29) is 0 Å². The van der Waals surface area contributed by atoms with E-state index in [4.69, 9.17) is 0 Å². The van der Waals surface area contributed by atoms with Gasteiger partial charge in [0, 0.05) is 29.5 Å². The molecule has 1 aliphatic rings. The monoisotopic (exact) mass is 256 g/mol. The Morgan fingerprint density at radius 2 is 2.11 bits per heavy atom. The van der Waals surface area contributed by atoms with Crippen molar-refractivity contribution >= 4 is 5.52 Å². The van der Waals surface area contributed by atoms with Crippen molar-refractivity contribution in [3.8, 4) is 0 Å². The van der Waals surface area contributed by atoms with Crippen LogP contribution in [0.25, 0.3) is 5.52 Å². The number of rotatable bonds is 2. The standard InChI is InChI=1S/C17H24N2/c1-12(2)18(4)15-9-7-10-16-17(15)13(3)14-8-5-6-11-19(14)16/h5-6,8,11-12,15H,7,9-10H2,1-4H3. The molecular weight excluding hydrogens is 232 g/mol. The minimum absolute atomic E-state index is 0.587. The molecule has 0 aromatic carbocycles. The molecule has 1 atom stereocenters. The molecule has 0 radical (unpaired) electrons. The fourth-order valence-corrected chi connectivity index (χ4v) is 3.54. The van der Waals surface area contributed by atoms with Crippen molar-refractivity contribution in [2.45, 2.75) is 52.1 Å². The van der Waals surface area contributed by atoms with Gasteiger partial charge in [0.2, 0.25) is 0 Å². The molecule has 102 valence electrons.